The van der Waals surface area contributed by atoms with Crippen molar-refractivity contribution in [3.63, 3.8) is 0 Å². The molecule has 7 aromatic carbocycles. The molecule has 0 aliphatic carbocycles. The lowest BCUT2D eigenvalue weighted by molar-refractivity contribution is 0.477. The molecule has 0 N–H and O–H groups in total. The Kier molecular flexibility index (Phi) is 7.29. The second kappa shape index (κ2) is 12.6. The molecule has 0 bridgehead atoms. The van der Waals surface area contributed by atoms with Crippen LogP contribution in [0.15, 0.2) is 186 Å². The van der Waals surface area contributed by atoms with Crippen LogP contribution in [0.1, 0.15) is 0 Å². The molecule has 10 rings (SSSR count). The average molecular weight is 688 g/mol. The van der Waals surface area contributed by atoms with Gasteiger partial charge in [-0.2, -0.15) is 0 Å². The van der Waals surface area contributed by atoms with Crippen LogP contribution >= 0.6 is 11.8 Å². The minimum atomic E-state index is 0.618. The number of para-hydroxylation sites is 4. The zero-order chi connectivity index (χ0) is 34.4. The summed E-state index contributed by atoms with van der Waals surface area (Å²) in [5.41, 5.74) is 9.05. The van der Waals surface area contributed by atoms with Crippen molar-refractivity contribution in [1.82, 2.24) is 15.0 Å². The van der Waals surface area contributed by atoms with Crippen LogP contribution in [0.25, 0.3) is 34.2 Å². The SMILES string of the molecule is c1ccc(-c2nc(-c3ccccc3)nc(-c3ccc(N4c5ccccc5Oc5cc(N6c7ccccc7Sc7ccccc76)ccc54)cc3)n2)cc1. The molecule has 1 aromatic heterocycles. The first-order valence-electron chi connectivity index (χ1n) is 17.1. The van der Waals surface area contributed by atoms with E-state index < -0.39 is 0 Å². The van der Waals surface area contributed by atoms with Crippen molar-refractivity contribution in [3.05, 3.63) is 176 Å². The van der Waals surface area contributed by atoms with Gasteiger partial charge < -0.3 is 14.5 Å². The minimum Gasteiger partial charge on any atom is -0.453 e. The summed E-state index contributed by atoms with van der Waals surface area (Å²) >= 11 is 1.80. The number of hydrogen-bond acceptors (Lipinski definition) is 7. The topological polar surface area (TPSA) is 54.4 Å². The largest absolute Gasteiger partial charge is 0.453 e. The summed E-state index contributed by atoms with van der Waals surface area (Å²) in [4.78, 5) is 21.8. The average Bonchev–Trinajstić information content (AvgIpc) is 3.22. The van der Waals surface area contributed by atoms with Crippen molar-refractivity contribution in [2.24, 2.45) is 0 Å². The third-order valence-corrected chi connectivity index (χ3v) is 10.4. The number of nitrogens with zero attached hydrogens (tertiary/aromatic N) is 5. The highest BCUT2D eigenvalue weighted by molar-refractivity contribution is 7.99. The smallest absolute Gasteiger partial charge is 0.164 e. The molecule has 6 nitrogen and oxygen atoms in total. The molecule has 0 amide bonds. The van der Waals surface area contributed by atoms with Gasteiger partial charge in [-0.3, -0.25) is 0 Å². The summed E-state index contributed by atoms with van der Waals surface area (Å²) in [5, 5.41) is 0. The van der Waals surface area contributed by atoms with Crippen LogP contribution in [0.3, 0.4) is 0 Å². The normalized spacial score (nSPS) is 12.6. The lowest BCUT2D eigenvalue weighted by Crippen LogP contribution is -2.18. The van der Waals surface area contributed by atoms with Gasteiger partial charge in [0.2, 0.25) is 0 Å². The first kappa shape index (κ1) is 30.2. The van der Waals surface area contributed by atoms with Gasteiger partial charge in [-0.15, -0.1) is 0 Å². The molecule has 0 atom stereocenters. The number of anilines is 6. The Hall–Kier alpha value is -6.70. The highest BCUT2D eigenvalue weighted by Gasteiger charge is 2.29. The molecule has 2 aliphatic heterocycles. The first-order chi connectivity index (χ1) is 25.8. The van der Waals surface area contributed by atoms with Gasteiger partial charge in [0.05, 0.1) is 28.4 Å². The van der Waals surface area contributed by atoms with Crippen LogP contribution in [0.2, 0.25) is 0 Å². The standard InChI is InChI=1S/C45H29N5OS/c1-3-13-30(14-4-1)43-46-44(31-15-5-2-6-16-31)48-45(47-43)32-23-25-33(26-24-32)49-35-17-7-10-20-39(35)51-40-29-34(27-28-36(40)49)50-37-18-8-11-21-41(37)52-42-22-12-9-19-38(42)50/h1-29H. The number of rotatable bonds is 5. The summed E-state index contributed by atoms with van der Waals surface area (Å²) in [5.74, 6) is 3.47. The third kappa shape index (κ3) is 5.27. The Morgan fingerprint density at radius 3 is 1.40 bits per heavy atom. The van der Waals surface area contributed by atoms with Crippen molar-refractivity contribution in [2.75, 3.05) is 9.80 Å². The van der Waals surface area contributed by atoms with Gasteiger partial charge in [-0.25, -0.2) is 15.0 Å². The fourth-order valence-corrected chi connectivity index (χ4v) is 7.90. The van der Waals surface area contributed by atoms with Crippen LogP contribution < -0.4 is 14.5 Å². The van der Waals surface area contributed by atoms with Crippen molar-refractivity contribution in [2.45, 2.75) is 9.79 Å². The van der Waals surface area contributed by atoms with Crippen LogP contribution in [0.5, 0.6) is 11.5 Å². The highest BCUT2D eigenvalue weighted by atomic mass is 32.2. The van der Waals surface area contributed by atoms with Crippen molar-refractivity contribution >= 4 is 45.9 Å². The lowest BCUT2D eigenvalue weighted by Gasteiger charge is -2.36. The Bertz CT molecular complexity index is 2490. The van der Waals surface area contributed by atoms with E-state index in [1.54, 1.807) is 11.8 Å². The van der Waals surface area contributed by atoms with E-state index in [0.717, 1.165) is 62.3 Å². The molecule has 0 saturated carbocycles. The van der Waals surface area contributed by atoms with Gasteiger partial charge in [0.25, 0.3) is 0 Å². The molecule has 8 aromatic rings. The van der Waals surface area contributed by atoms with E-state index >= 15 is 0 Å². The van der Waals surface area contributed by atoms with Crippen LogP contribution in [-0.2, 0) is 0 Å². The zero-order valence-electron chi connectivity index (χ0n) is 27.8. The Morgan fingerprint density at radius 1 is 0.365 bits per heavy atom. The van der Waals surface area contributed by atoms with E-state index in [4.69, 9.17) is 19.7 Å². The van der Waals surface area contributed by atoms with Crippen molar-refractivity contribution in [1.29, 1.82) is 0 Å². The summed E-state index contributed by atoms with van der Waals surface area (Å²) in [6.07, 6.45) is 0. The lowest BCUT2D eigenvalue weighted by atomic mass is 10.1. The molecule has 0 saturated heterocycles. The Morgan fingerprint density at radius 2 is 0.808 bits per heavy atom. The second-order valence-electron chi connectivity index (χ2n) is 12.5. The number of fused-ring (bicyclic) bond motifs is 4. The quantitative estimate of drug-likeness (QED) is 0.178. The predicted molar refractivity (Wildman–Crippen MR) is 210 cm³/mol. The zero-order valence-corrected chi connectivity index (χ0v) is 28.6. The van der Waals surface area contributed by atoms with Gasteiger partial charge in [0, 0.05) is 38.2 Å². The Balaban J connectivity index is 1.05. The molecule has 3 heterocycles. The fourth-order valence-electron chi connectivity index (χ4n) is 6.84. The first-order valence-corrected chi connectivity index (χ1v) is 17.9. The molecular weight excluding hydrogens is 659 g/mol. The maximum Gasteiger partial charge on any atom is 0.164 e. The van der Waals surface area contributed by atoms with E-state index in [9.17, 15) is 0 Å². The monoisotopic (exact) mass is 687 g/mol. The summed E-state index contributed by atoms with van der Waals surface area (Å²) < 4.78 is 6.64. The predicted octanol–water partition coefficient (Wildman–Crippen LogP) is 12.4. The molecule has 0 radical (unpaired) electrons. The molecule has 52 heavy (non-hydrogen) atoms. The van der Waals surface area contributed by atoms with E-state index in [-0.39, 0.29) is 0 Å². The van der Waals surface area contributed by atoms with Gasteiger partial charge in [0.15, 0.2) is 29.0 Å². The minimum absolute atomic E-state index is 0.618. The van der Waals surface area contributed by atoms with Crippen LogP contribution in [-0.4, -0.2) is 15.0 Å². The van der Waals surface area contributed by atoms with E-state index in [1.807, 2.05) is 78.9 Å². The van der Waals surface area contributed by atoms with Gasteiger partial charge in [-0.05, 0) is 72.8 Å². The maximum absolute atomic E-state index is 6.64. The van der Waals surface area contributed by atoms with Crippen molar-refractivity contribution in [3.8, 4) is 45.7 Å². The molecule has 0 unspecified atom stereocenters. The number of hydrogen-bond donors (Lipinski definition) is 0. The van der Waals surface area contributed by atoms with E-state index in [2.05, 4.69) is 107 Å². The van der Waals surface area contributed by atoms with Crippen molar-refractivity contribution < 1.29 is 4.74 Å². The molecule has 246 valence electrons. The van der Waals surface area contributed by atoms with Gasteiger partial charge >= 0.3 is 0 Å². The fraction of sp³-hybridized carbons (Fsp3) is 0. The third-order valence-electron chi connectivity index (χ3n) is 9.28. The number of ether oxygens (including phenoxy) is 1. The summed E-state index contributed by atoms with van der Waals surface area (Å²) in [7, 11) is 0. The Labute approximate surface area is 305 Å². The second-order valence-corrected chi connectivity index (χ2v) is 13.6. The number of aromatic nitrogens is 3. The summed E-state index contributed by atoms with van der Waals surface area (Å²) in [6, 6.07) is 60.3. The van der Waals surface area contributed by atoms with E-state index in [1.165, 1.54) is 9.79 Å². The molecule has 0 spiro atoms. The van der Waals surface area contributed by atoms with Crippen LogP contribution in [0, 0.1) is 0 Å². The van der Waals surface area contributed by atoms with Gasteiger partial charge in [-0.1, -0.05) is 109 Å². The molecule has 0 fully saturated rings. The maximum atomic E-state index is 6.64. The van der Waals surface area contributed by atoms with Gasteiger partial charge in [0.1, 0.15) is 0 Å². The van der Waals surface area contributed by atoms with Crippen LogP contribution in [0.4, 0.5) is 34.1 Å². The molecular formula is C45H29N5OS. The highest BCUT2D eigenvalue weighted by Crippen LogP contribution is 2.55. The summed E-state index contributed by atoms with van der Waals surface area (Å²) in [6.45, 7) is 0. The number of benzene rings is 7. The molecule has 7 heteroatoms. The van der Waals surface area contributed by atoms with E-state index in [0.29, 0.717) is 17.5 Å². The molecule has 2 aliphatic rings.